The third kappa shape index (κ3) is 3.97. The summed E-state index contributed by atoms with van der Waals surface area (Å²) < 4.78 is 7.22. The number of carbonyl (C=O) groups excluding carboxylic acids is 2. The molecule has 0 bridgehead atoms. The standard InChI is InChI=1S/C19H21N5O5S/c25-18(23-7-5-17(23)21-8-6-20-12-21)15-9-22(10-16(15)30)19(26)29-11-13-1-3-14(4-2-13)24(27)28/h1-4,6,8,12,15-17,30H,5,7,9-11H2. The predicted molar refractivity (Wildman–Crippen MR) is 109 cm³/mol. The number of thiol groups is 1. The molecule has 0 saturated carbocycles. The molecule has 1 aromatic heterocycles. The van der Waals surface area contributed by atoms with Crippen molar-refractivity contribution in [1.29, 1.82) is 0 Å². The Morgan fingerprint density at radius 2 is 2.03 bits per heavy atom. The van der Waals surface area contributed by atoms with Crippen molar-refractivity contribution in [3.8, 4) is 0 Å². The summed E-state index contributed by atoms with van der Waals surface area (Å²) in [6.45, 7) is 1.24. The third-order valence-electron chi connectivity index (χ3n) is 5.51. The summed E-state index contributed by atoms with van der Waals surface area (Å²) in [6, 6.07) is 5.81. The average molecular weight is 431 g/mol. The van der Waals surface area contributed by atoms with Crippen LogP contribution >= 0.6 is 12.6 Å². The fraction of sp³-hybridized carbons (Fsp3) is 0.421. The van der Waals surface area contributed by atoms with Crippen LogP contribution in [0.3, 0.4) is 0 Å². The van der Waals surface area contributed by atoms with Crippen molar-refractivity contribution in [1.82, 2.24) is 19.4 Å². The van der Waals surface area contributed by atoms with Crippen molar-refractivity contribution >= 4 is 30.3 Å². The van der Waals surface area contributed by atoms with Gasteiger partial charge in [-0.25, -0.2) is 9.78 Å². The van der Waals surface area contributed by atoms with Crippen LogP contribution < -0.4 is 0 Å². The van der Waals surface area contributed by atoms with Crippen molar-refractivity contribution in [3.63, 3.8) is 0 Å². The first kappa shape index (κ1) is 20.2. The van der Waals surface area contributed by atoms with Crippen LogP contribution in [-0.4, -0.2) is 61.2 Å². The third-order valence-corrected chi connectivity index (χ3v) is 6.04. The maximum Gasteiger partial charge on any atom is 0.410 e. The summed E-state index contributed by atoms with van der Waals surface area (Å²) in [5.41, 5.74) is 0.621. The van der Waals surface area contributed by atoms with Crippen LogP contribution in [0.15, 0.2) is 43.0 Å². The molecule has 0 aliphatic carbocycles. The lowest BCUT2D eigenvalue weighted by Gasteiger charge is -2.43. The molecule has 0 radical (unpaired) electrons. The maximum atomic E-state index is 13.0. The molecule has 3 atom stereocenters. The first-order chi connectivity index (χ1) is 14.4. The van der Waals surface area contributed by atoms with Gasteiger partial charge in [0.25, 0.3) is 5.69 Å². The van der Waals surface area contributed by atoms with Crippen LogP contribution in [0.1, 0.15) is 18.2 Å². The van der Waals surface area contributed by atoms with Gasteiger partial charge in [0.1, 0.15) is 12.8 Å². The number of ether oxygens (including phenoxy) is 1. The van der Waals surface area contributed by atoms with E-state index in [0.717, 1.165) is 6.42 Å². The van der Waals surface area contributed by atoms with Gasteiger partial charge in [-0.15, -0.1) is 0 Å². The zero-order valence-electron chi connectivity index (χ0n) is 16.0. The Hall–Kier alpha value is -3.08. The molecule has 2 aromatic rings. The van der Waals surface area contributed by atoms with Gasteiger partial charge in [-0.2, -0.15) is 12.6 Å². The highest BCUT2D eigenvalue weighted by molar-refractivity contribution is 7.81. The quantitative estimate of drug-likeness (QED) is 0.441. The number of imidazole rings is 1. The van der Waals surface area contributed by atoms with Gasteiger partial charge in [0, 0.05) is 55.8 Å². The van der Waals surface area contributed by atoms with Crippen molar-refractivity contribution in [2.24, 2.45) is 5.92 Å². The minimum Gasteiger partial charge on any atom is -0.445 e. The molecule has 0 N–H and O–H groups in total. The number of amides is 2. The van der Waals surface area contributed by atoms with Crippen molar-refractivity contribution in [3.05, 3.63) is 58.7 Å². The lowest BCUT2D eigenvalue weighted by Crippen LogP contribution is -2.51. The highest BCUT2D eigenvalue weighted by atomic mass is 32.1. The van der Waals surface area contributed by atoms with E-state index in [-0.39, 0.29) is 36.2 Å². The fourth-order valence-corrected chi connectivity index (χ4v) is 4.15. The van der Waals surface area contributed by atoms with Crippen LogP contribution in [0.5, 0.6) is 0 Å². The van der Waals surface area contributed by atoms with Crippen molar-refractivity contribution < 1.29 is 19.2 Å². The lowest BCUT2D eigenvalue weighted by atomic mass is 10.0. The number of nitrogens with zero attached hydrogens (tertiary/aromatic N) is 5. The van der Waals surface area contributed by atoms with E-state index in [1.165, 1.54) is 17.0 Å². The highest BCUT2D eigenvalue weighted by Gasteiger charge is 2.44. The van der Waals surface area contributed by atoms with Crippen LogP contribution in [0.2, 0.25) is 0 Å². The summed E-state index contributed by atoms with van der Waals surface area (Å²) in [6.07, 6.45) is 5.51. The van der Waals surface area contributed by atoms with E-state index >= 15 is 0 Å². The molecule has 11 heteroatoms. The molecule has 2 aliphatic rings. The Morgan fingerprint density at radius 1 is 1.27 bits per heavy atom. The van der Waals surface area contributed by atoms with Crippen molar-refractivity contribution in [2.75, 3.05) is 19.6 Å². The molecule has 3 unspecified atom stereocenters. The molecule has 2 fully saturated rings. The normalized spacial score (nSPS) is 23.2. The topological polar surface area (TPSA) is 111 Å². The minimum atomic E-state index is -0.530. The summed E-state index contributed by atoms with van der Waals surface area (Å²) in [5, 5.41) is 10.4. The van der Waals surface area contributed by atoms with E-state index in [0.29, 0.717) is 18.7 Å². The number of hydrogen-bond donors (Lipinski definition) is 1. The Bertz CT molecular complexity index is 935. The van der Waals surface area contributed by atoms with Gasteiger partial charge in [-0.05, 0) is 17.7 Å². The van der Waals surface area contributed by atoms with Crippen LogP contribution in [0.25, 0.3) is 0 Å². The number of non-ortho nitro benzene ring substituents is 1. The van der Waals surface area contributed by atoms with Gasteiger partial charge in [-0.1, -0.05) is 0 Å². The number of nitro groups is 1. The minimum absolute atomic E-state index is 0.00198. The molecule has 1 aromatic carbocycles. The van der Waals surface area contributed by atoms with Crippen LogP contribution in [-0.2, 0) is 16.1 Å². The van der Waals surface area contributed by atoms with Gasteiger partial charge >= 0.3 is 6.09 Å². The number of aromatic nitrogens is 2. The second-order valence-electron chi connectivity index (χ2n) is 7.37. The molecular weight excluding hydrogens is 410 g/mol. The Morgan fingerprint density at radius 3 is 2.63 bits per heavy atom. The summed E-state index contributed by atoms with van der Waals surface area (Å²) in [4.78, 5) is 42.9. The molecular formula is C19H21N5O5S. The van der Waals surface area contributed by atoms with E-state index < -0.39 is 16.9 Å². The second kappa shape index (κ2) is 8.34. The number of benzene rings is 1. The molecule has 3 heterocycles. The van der Waals surface area contributed by atoms with Gasteiger partial charge < -0.3 is 19.1 Å². The Kier molecular flexibility index (Phi) is 5.62. The van der Waals surface area contributed by atoms with Crippen LogP contribution in [0.4, 0.5) is 10.5 Å². The first-order valence-electron chi connectivity index (χ1n) is 9.55. The molecule has 4 rings (SSSR count). The van der Waals surface area contributed by atoms with E-state index in [4.69, 9.17) is 4.74 Å². The molecule has 0 spiro atoms. The highest BCUT2D eigenvalue weighted by Crippen LogP contribution is 2.33. The lowest BCUT2D eigenvalue weighted by molar-refractivity contribution is -0.384. The zero-order valence-corrected chi connectivity index (χ0v) is 16.9. The molecule has 158 valence electrons. The van der Waals surface area contributed by atoms with E-state index in [1.807, 2.05) is 10.8 Å². The van der Waals surface area contributed by atoms with E-state index in [9.17, 15) is 19.7 Å². The smallest absolute Gasteiger partial charge is 0.410 e. The van der Waals surface area contributed by atoms with Crippen LogP contribution in [0, 0.1) is 16.0 Å². The summed E-state index contributed by atoms with van der Waals surface area (Å²) in [5.74, 6) is -0.419. The average Bonchev–Trinajstić information content (AvgIpc) is 3.35. The maximum absolute atomic E-state index is 13.0. The Labute approximate surface area is 178 Å². The molecule has 2 aliphatic heterocycles. The number of nitro benzene ring substituents is 1. The first-order valence-corrected chi connectivity index (χ1v) is 10.1. The zero-order chi connectivity index (χ0) is 21.3. The van der Waals surface area contributed by atoms with Gasteiger partial charge in [0.05, 0.1) is 17.2 Å². The summed E-state index contributed by atoms with van der Waals surface area (Å²) >= 11 is 4.53. The SMILES string of the molecule is O=C(OCc1ccc([N+](=O)[O-])cc1)N1CC(S)C(C(=O)N2CCC2n2ccnc2)C1. The van der Waals surface area contributed by atoms with Gasteiger partial charge in [0.15, 0.2) is 0 Å². The number of carbonyl (C=O) groups is 2. The fourth-order valence-electron chi connectivity index (χ4n) is 3.73. The monoisotopic (exact) mass is 431 g/mol. The number of hydrogen-bond acceptors (Lipinski definition) is 7. The largest absolute Gasteiger partial charge is 0.445 e. The predicted octanol–water partition coefficient (Wildman–Crippen LogP) is 2.09. The Balaban J connectivity index is 1.31. The molecule has 2 amide bonds. The molecule has 30 heavy (non-hydrogen) atoms. The van der Waals surface area contributed by atoms with Crippen molar-refractivity contribution in [2.45, 2.75) is 24.4 Å². The van der Waals surface area contributed by atoms with Gasteiger partial charge in [0.2, 0.25) is 5.91 Å². The molecule has 2 saturated heterocycles. The number of likely N-dealkylation sites (tertiary alicyclic amines) is 2. The van der Waals surface area contributed by atoms with Gasteiger partial charge in [-0.3, -0.25) is 14.9 Å². The van der Waals surface area contributed by atoms with E-state index in [2.05, 4.69) is 17.6 Å². The summed E-state index contributed by atoms with van der Waals surface area (Å²) in [7, 11) is 0. The van der Waals surface area contributed by atoms with E-state index in [1.54, 1.807) is 29.6 Å². The number of rotatable bonds is 5. The molecule has 10 nitrogen and oxygen atoms in total. The second-order valence-corrected chi connectivity index (χ2v) is 8.03.